The smallest absolute Gasteiger partial charge is 0.289 e. The molecule has 5 atom stereocenters. The lowest BCUT2D eigenvalue weighted by atomic mass is 9.82. The molecule has 2 aliphatic carbocycles. The van der Waals surface area contributed by atoms with Gasteiger partial charge in [0.25, 0.3) is 17.7 Å². The second-order valence-corrected chi connectivity index (χ2v) is 16.3. The average Bonchev–Trinajstić information content (AvgIpc) is 3.90. The maximum atomic E-state index is 14.8. The van der Waals surface area contributed by atoms with E-state index in [9.17, 15) is 37.5 Å². The molecule has 2 aromatic heterocycles. The first-order valence-corrected chi connectivity index (χ1v) is 19.7. The number of alkyl halides is 2. The molecule has 0 radical (unpaired) electrons. The maximum Gasteiger partial charge on any atom is 0.289 e. The number of ketones is 1. The molecule has 2 saturated carbocycles. The monoisotopic (exact) mass is 797 g/mol. The minimum atomic E-state index is -3.30. The quantitative estimate of drug-likeness (QED) is 0.181. The Balaban J connectivity index is 1.42. The summed E-state index contributed by atoms with van der Waals surface area (Å²) in [5, 5.41) is 11.0. The molecule has 5 rings (SSSR count). The fourth-order valence-electron chi connectivity index (χ4n) is 7.20. The van der Waals surface area contributed by atoms with Gasteiger partial charge in [-0.1, -0.05) is 53.4 Å². The lowest BCUT2D eigenvalue weighted by Gasteiger charge is -2.37. The largest absolute Gasteiger partial charge is 0.472 e. The van der Waals surface area contributed by atoms with E-state index < -0.39 is 82.6 Å². The first kappa shape index (κ1) is 43.0. The van der Waals surface area contributed by atoms with Gasteiger partial charge in [-0.2, -0.15) is 8.78 Å². The molecule has 0 spiro atoms. The first-order valence-electron chi connectivity index (χ1n) is 19.7. The molecule has 1 saturated heterocycles. The number of nitrogens with one attached hydrogen (secondary N) is 4. The van der Waals surface area contributed by atoms with E-state index in [1.807, 2.05) is 0 Å². The number of carbonyl (C=O) groups is 6. The molecule has 4 N–H and O–H groups in total. The lowest BCUT2D eigenvalue weighted by Crippen LogP contribution is -2.62. The van der Waals surface area contributed by atoms with Crippen LogP contribution in [0.4, 0.5) is 8.78 Å². The highest BCUT2D eigenvalue weighted by molar-refractivity contribution is 6.38. The van der Waals surface area contributed by atoms with E-state index in [0.29, 0.717) is 26.2 Å². The van der Waals surface area contributed by atoms with Crippen LogP contribution in [0.15, 0.2) is 31.0 Å². The molecule has 18 heteroatoms. The Hall–Kier alpha value is -5.16. The Morgan fingerprint density at radius 2 is 1.65 bits per heavy atom. The summed E-state index contributed by atoms with van der Waals surface area (Å²) in [6.07, 6.45) is 10.1. The molecule has 57 heavy (non-hydrogen) atoms. The molecular formula is C39H53F2N9O7. The summed E-state index contributed by atoms with van der Waals surface area (Å²) >= 11 is 0. The number of hydrogen-bond acceptors (Lipinski definition) is 11. The number of halogens is 2. The number of ether oxygens (including phenoxy) is 1. The fraction of sp³-hybridized carbons (Fsp3) is 0.641. The van der Waals surface area contributed by atoms with Crippen LogP contribution in [-0.2, 0) is 29.9 Å². The molecule has 5 amide bonds. The minimum Gasteiger partial charge on any atom is -0.472 e. The molecule has 310 valence electrons. The van der Waals surface area contributed by atoms with Crippen molar-refractivity contribution in [1.29, 1.82) is 0 Å². The van der Waals surface area contributed by atoms with Gasteiger partial charge in [-0.3, -0.25) is 33.8 Å². The SMILES string of the molecule is CCCC(NC(=O)C1C[C@H](Oc2cc(C(C)(F)F)ncn2)CN1C(=O)C(NC(=O)C(NC(=O)c1cnccn1)C1CCCCC1)C(C)(C)C)C(=O)C(=O)NC1CC1. The number of rotatable bonds is 16. The van der Waals surface area contributed by atoms with Crippen molar-refractivity contribution in [3.8, 4) is 5.88 Å². The van der Waals surface area contributed by atoms with Crippen molar-refractivity contribution < 1.29 is 42.3 Å². The van der Waals surface area contributed by atoms with Crippen LogP contribution in [0.5, 0.6) is 5.88 Å². The highest BCUT2D eigenvalue weighted by Crippen LogP contribution is 2.32. The molecule has 3 heterocycles. The van der Waals surface area contributed by atoms with Crippen LogP contribution in [0.25, 0.3) is 0 Å². The van der Waals surface area contributed by atoms with E-state index in [-0.39, 0.29) is 42.9 Å². The number of carbonyl (C=O) groups excluding carboxylic acids is 6. The molecule has 16 nitrogen and oxygen atoms in total. The van der Waals surface area contributed by atoms with Crippen molar-refractivity contribution in [3.63, 3.8) is 0 Å². The average molecular weight is 798 g/mol. The van der Waals surface area contributed by atoms with Crippen LogP contribution in [0.2, 0.25) is 0 Å². The van der Waals surface area contributed by atoms with Gasteiger partial charge in [-0.15, -0.1) is 0 Å². The lowest BCUT2D eigenvalue weighted by molar-refractivity contribution is -0.145. The van der Waals surface area contributed by atoms with Gasteiger partial charge in [0.05, 0.1) is 18.8 Å². The summed E-state index contributed by atoms with van der Waals surface area (Å²) in [4.78, 5) is 99.2. The van der Waals surface area contributed by atoms with Crippen molar-refractivity contribution in [3.05, 3.63) is 42.4 Å². The second-order valence-electron chi connectivity index (χ2n) is 16.3. The highest BCUT2D eigenvalue weighted by atomic mass is 19.3. The van der Waals surface area contributed by atoms with Gasteiger partial charge in [0, 0.05) is 37.8 Å². The van der Waals surface area contributed by atoms with Crippen molar-refractivity contribution in [2.75, 3.05) is 6.54 Å². The van der Waals surface area contributed by atoms with E-state index in [1.165, 1.54) is 23.5 Å². The van der Waals surface area contributed by atoms with Crippen molar-refractivity contribution >= 4 is 35.3 Å². The van der Waals surface area contributed by atoms with Gasteiger partial charge in [0.2, 0.25) is 29.4 Å². The summed E-state index contributed by atoms with van der Waals surface area (Å²) in [6, 6.07) is -3.80. The van der Waals surface area contributed by atoms with Crippen molar-refractivity contribution in [2.45, 2.75) is 141 Å². The van der Waals surface area contributed by atoms with E-state index >= 15 is 0 Å². The Morgan fingerprint density at radius 1 is 0.930 bits per heavy atom. The molecule has 3 fully saturated rings. The van der Waals surface area contributed by atoms with Crippen LogP contribution in [0.3, 0.4) is 0 Å². The molecular weight excluding hydrogens is 744 g/mol. The Bertz CT molecular complexity index is 1780. The zero-order chi connectivity index (χ0) is 41.5. The number of nitrogens with zero attached hydrogens (tertiary/aromatic N) is 5. The van der Waals surface area contributed by atoms with Crippen LogP contribution in [0, 0.1) is 11.3 Å². The van der Waals surface area contributed by atoms with E-state index in [4.69, 9.17) is 4.74 Å². The topological polar surface area (TPSA) is 215 Å². The van der Waals surface area contributed by atoms with Gasteiger partial charge in [-0.05, 0) is 43.4 Å². The fourth-order valence-corrected chi connectivity index (χ4v) is 7.20. The third-order valence-electron chi connectivity index (χ3n) is 10.5. The minimum absolute atomic E-state index is 0.0230. The summed E-state index contributed by atoms with van der Waals surface area (Å²) in [5.41, 5.74) is -1.50. The first-order chi connectivity index (χ1) is 27.0. The van der Waals surface area contributed by atoms with E-state index in [2.05, 4.69) is 41.2 Å². The summed E-state index contributed by atoms with van der Waals surface area (Å²) < 4.78 is 34.2. The molecule has 2 aromatic rings. The maximum absolute atomic E-state index is 14.8. The number of amides is 5. The zero-order valence-corrected chi connectivity index (χ0v) is 33.1. The van der Waals surface area contributed by atoms with Gasteiger partial charge in [0.15, 0.2) is 0 Å². The third kappa shape index (κ3) is 11.5. The van der Waals surface area contributed by atoms with Gasteiger partial charge >= 0.3 is 0 Å². The van der Waals surface area contributed by atoms with Crippen LogP contribution >= 0.6 is 0 Å². The molecule has 4 unspecified atom stereocenters. The summed E-state index contributed by atoms with van der Waals surface area (Å²) in [6.45, 7) is 7.48. The molecule has 3 aliphatic rings. The summed E-state index contributed by atoms with van der Waals surface area (Å²) in [7, 11) is 0. The zero-order valence-electron chi connectivity index (χ0n) is 33.1. The standard InChI is InChI=1S/C39H53F2N9O7/c1-6-10-25(31(51)36(55)46-23-13-14-23)47-34(53)27-17-24(57-29-18-28(39(5,40)41)44-21-45-29)20-50(27)37(56)32(38(2,3)4)49-35(54)30(22-11-8-7-9-12-22)48-33(52)26-19-42-15-16-43-26/h15-16,18-19,21-25,27,30,32H,6-14,17,20H2,1-5H3,(H,46,55)(H,47,53)(H,48,52)(H,49,54)/t24-,25?,27?,30?,32?/m0/s1. The molecule has 0 bridgehead atoms. The second kappa shape index (κ2) is 18.4. The van der Waals surface area contributed by atoms with Gasteiger partial charge in [-0.25, -0.2) is 15.0 Å². The Morgan fingerprint density at radius 3 is 2.26 bits per heavy atom. The number of Topliss-reactive ketones (excluding diaryl/α,β-unsaturated/α-hetero) is 1. The summed E-state index contributed by atoms with van der Waals surface area (Å²) in [5.74, 6) is -7.93. The number of likely N-dealkylation sites (tertiary alicyclic amines) is 1. The number of hydrogen-bond donors (Lipinski definition) is 4. The van der Waals surface area contributed by atoms with Gasteiger partial charge < -0.3 is 30.9 Å². The molecule has 1 aliphatic heterocycles. The third-order valence-corrected chi connectivity index (χ3v) is 10.5. The van der Waals surface area contributed by atoms with Crippen molar-refractivity contribution in [1.82, 2.24) is 46.1 Å². The van der Waals surface area contributed by atoms with Crippen LogP contribution in [0.1, 0.15) is 115 Å². The number of aromatic nitrogens is 4. The van der Waals surface area contributed by atoms with Gasteiger partial charge in [0.1, 0.15) is 41.9 Å². The van der Waals surface area contributed by atoms with E-state index in [1.54, 1.807) is 27.7 Å². The predicted octanol–water partition coefficient (Wildman–Crippen LogP) is 2.77. The Labute approximate surface area is 330 Å². The van der Waals surface area contributed by atoms with Crippen LogP contribution < -0.4 is 26.0 Å². The van der Waals surface area contributed by atoms with Crippen LogP contribution in [-0.4, -0.2) is 103 Å². The highest BCUT2D eigenvalue weighted by Gasteiger charge is 2.47. The normalized spacial score (nSPS) is 20.4. The predicted molar refractivity (Wildman–Crippen MR) is 200 cm³/mol. The Kier molecular flexibility index (Phi) is 13.9. The molecule has 0 aromatic carbocycles. The van der Waals surface area contributed by atoms with E-state index in [0.717, 1.165) is 44.5 Å². The van der Waals surface area contributed by atoms with Crippen molar-refractivity contribution in [2.24, 2.45) is 11.3 Å².